The van der Waals surface area contributed by atoms with Gasteiger partial charge in [-0.1, -0.05) is 12.1 Å². The predicted molar refractivity (Wildman–Crippen MR) is 78.4 cm³/mol. The van der Waals surface area contributed by atoms with Crippen LogP contribution in [0.1, 0.15) is 36.0 Å². The lowest BCUT2D eigenvalue weighted by atomic mass is 9.91. The number of nitrogens with one attached hydrogen (secondary N) is 1. The number of hydrogen-bond acceptors (Lipinski definition) is 3. The Hall–Kier alpha value is -1.72. The van der Waals surface area contributed by atoms with Crippen LogP contribution in [0.4, 0.5) is 4.39 Å². The van der Waals surface area contributed by atoms with Crippen LogP contribution in [0.15, 0.2) is 36.7 Å². The van der Waals surface area contributed by atoms with Crippen LogP contribution in [-0.4, -0.2) is 39.8 Å². The van der Waals surface area contributed by atoms with E-state index in [0.717, 1.165) is 25.9 Å². The number of nitrogens with zero attached hydrogens (tertiary/aromatic N) is 2. The summed E-state index contributed by atoms with van der Waals surface area (Å²) in [5.41, 5.74) is 1.91. The molecule has 5 heteroatoms. The van der Waals surface area contributed by atoms with Crippen molar-refractivity contribution >= 4 is 0 Å². The Labute approximate surface area is 123 Å². The summed E-state index contributed by atoms with van der Waals surface area (Å²) in [6, 6.07) is 6.21. The smallest absolute Gasteiger partial charge is 0.123 e. The van der Waals surface area contributed by atoms with E-state index in [9.17, 15) is 9.50 Å². The summed E-state index contributed by atoms with van der Waals surface area (Å²) in [5, 5.41) is 17.1. The Bertz CT molecular complexity index is 565. The largest absolute Gasteiger partial charge is 0.387 e. The number of benzene rings is 1. The lowest BCUT2D eigenvalue weighted by Crippen LogP contribution is -2.36. The first kappa shape index (κ1) is 14.2. The SMILES string of the molecule is O[C@@H](CN1CCC(c2cn[nH]c2)CC1)c1cccc(F)c1. The first-order chi connectivity index (χ1) is 10.2. The molecule has 0 aliphatic carbocycles. The number of aliphatic hydroxyl groups is 1. The van der Waals surface area contributed by atoms with E-state index in [-0.39, 0.29) is 5.82 Å². The summed E-state index contributed by atoms with van der Waals surface area (Å²) in [6.07, 6.45) is 5.35. The molecular formula is C16H20FN3O. The molecule has 0 amide bonds. The van der Waals surface area contributed by atoms with Gasteiger partial charge in [0.2, 0.25) is 0 Å². The van der Waals surface area contributed by atoms with Crippen molar-refractivity contribution in [3.05, 3.63) is 53.6 Å². The maximum Gasteiger partial charge on any atom is 0.123 e. The van der Waals surface area contributed by atoms with Crippen LogP contribution in [0.2, 0.25) is 0 Å². The van der Waals surface area contributed by atoms with E-state index in [0.29, 0.717) is 18.0 Å². The number of H-pyrrole nitrogens is 1. The van der Waals surface area contributed by atoms with Gasteiger partial charge in [0.1, 0.15) is 5.82 Å². The second-order valence-electron chi connectivity index (χ2n) is 5.68. The van der Waals surface area contributed by atoms with Crippen molar-refractivity contribution in [2.75, 3.05) is 19.6 Å². The first-order valence-electron chi connectivity index (χ1n) is 7.37. The van der Waals surface area contributed by atoms with Crippen LogP contribution >= 0.6 is 0 Å². The lowest BCUT2D eigenvalue weighted by molar-refractivity contribution is 0.0970. The third kappa shape index (κ3) is 3.49. The molecule has 1 atom stereocenters. The van der Waals surface area contributed by atoms with Gasteiger partial charge in [-0.3, -0.25) is 5.10 Å². The quantitative estimate of drug-likeness (QED) is 0.909. The molecule has 2 aromatic rings. The highest BCUT2D eigenvalue weighted by atomic mass is 19.1. The van der Waals surface area contributed by atoms with Gasteiger partial charge in [0.05, 0.1) is 12.3 Å². The molecule has 0 unspecified atom stereocenters. The molecular weight excluding hydrogens is 269 g/mol. The van der Waals surface area contributed by atoms with Gasteiger partial charge in [-0.2, -0.15) is 5.10 Å². The van der Waals surface area contributed by atoms with Gasteiger partial charge >= 0.3 is 0 Å². The third-order valence-corrected chi connectivity index (χ3v) is 4.24. The van der Waals surface area contributed by atoms with Crippen molar-refractivity contribution < 1.29 is 9.50 Å². The van der Waals surface area contributed by atoms with Gasteiger partial charge < -0.3 is 10.0 Å². The maximum absolute atomic E-state index is 13.2. The van der Waals surface area contributed by atoms with E-state index in [4.69, 9.17) is 0 Å². The zero-order valence-corrected chi connectivity index (χ0v) is 11.9. The van der Waals surface area contributed by atoms with E-state index < -0.39 is 6.10 Å². The zero-order chi connectivity index (χ0) is 14.7. The summed E-state index contributed by atoms with van der Waals surface area (Å²) in [6.45, 7) is 2.45. The molecule has 0 bridgehead atoms. The summed E-state index contributed by atoms with van der Waals surface area (Å²) in [7, 11) is 0. The highest BCUT2D eigenvalue weighted by Crippen LogP contribution is 2.28. The Balaban J connectivity index is 1.53. The number of rotatable bonds is 4. The van der Waals surface area contributed by atoms with Crippen molar-refractivity contribution in [2.45, 2.75) is 24.9 Å². The molecule has 1 aromatic carbocycles. The molecule has 0 saturated carbocycles. The minimum atomic E-state index is -0.633. The summed E-state index contributed by atoms with van der Waals surface area (Å²) in [4.78, 5) is 2.24. The van der Waals surface area contributed by atoms with Crippen LogP contribution in [0, 0.1) is 5.82 Å². The van der Waals surface area contributed by atoms with Gasteiger partial charge in [-0.05, 0) is 55.1 Å². The molecule has 1 saturated heterocycles. The van der Waals surface area contributed by atoms with E-state index in [1.165, 1.54) is 17.7 Å². The normalized spacial score (nSPS) is 18.8. The number of aromatic nitrogens is 2. The Kier molecular flexibility index (Phi) is 4.31. The number of likely N-dealkylation sites (tertiary alicyclic amines) is 1. The monoisotopic (exact) mass is 289 g/mol. The van der Waals surface area contributed by atoms with Gasteiger partial charge in [0.15, 0.2) is 0 Å². The number of halogens is 1. The third-order valence-electron chi connectivity index (χ3n) is 4.24. The van der Waals surface area contributed by atoms with Gasteiger partial charge in [-0.15, -0.1) is 0 Å². The Morgan fingerprint density at radius 2 is 2.19 bits per heavy atom. The van der Waals surface area contributed by atoms with Crippen molar-refractivity contribution in [3.63, 3.8) is 0 Å². The average Bonchev–Trinajstić information content (AvgIpc) is 3.02. The number of β-amino-alcohol motifs (C(OH)–C–C–N with tert-alkyl or cyclic N) is 1. The molecule has 0 radical (unpaired) electrons. The molecule has 4 nitrogen and oxygen atoms in total. The zero-order valence-electron chi connectivity index (χ0n) is 11.9. The van der Waals surface area contributed by atoms with E-state index in [2.05, 4.69) is 15.1 Å². The van der Waals surface area contributed by atoms with Gasteiger partial charge in [0, 0.05) is 12.7 Å². The second-order valence-corrected chi connectivity index (χ2v) is 5.68. The Morgan fingerprint density at radius 3 is 2.86 bits per heavy atom. The fraction of sp³-hybridized carbons (Fsp3) is 0.438. The van der Waals surface area contributed by atoms with Crippen LogP contribution in [0.3, 0.4) is 0 Å². The van der Waals surface area contributed by atoms with Crippen LogP contribution in [0.5, 0.6) is 0 Å². The molecule has 2 heterocycles. The van der Waals surface area contributed by atoms with Crippen LogP contribution in [-0.2, 0) is 0 Å². The molecule has 21 heavy (non-hydrogen) atoms. The minimum Gasteiger partial charge on any atom is -0.387 e. The van der Waals surface area contributed by atoms with Crippen molar-refractivity contribution in [1.29, 1.82) is 0 Å². The molecule has 1 aliphatic heterocycles. The van der Waals surface area contributed by atoms with E-state index in [1.807, 2.05) is 12.4 Å². The second kappa shape index (κ2) is 6.37. The summed E-state index contributed by atoms with van der Waals surface area (Å²) < 4.78 is 13.2. The van der Waals surface area contributed by atoms with E-state index in [1.54, 1.807) is 12.1 Å². The van der Waals surface area contributed by atoms with Gasteiger partial charge in [0.25, 0.3) is 0 Å². The van der Waals surface area contributed by atoms with Crippen molar-refractivity contribution in [3.8, 4) is 0 Å². The Morgan fingerprint density at radius 1 is 1.38 bits per heavy atom. The lowest BCUT2D eigenvalue weighted by Gasteiger charge is -2.32. The number of aromatic amines is 1. The van der Waals surface area contributed by atoms with Crippen molar-refractivity contribution in [2.24, 2.45) is 0 Å². The molecule has 1 aliphatic rings. The minimum absolute atomic E-state index is 0.301. The van der Waals surface area contributed by atoms with Crippen LogP contribution in [0.25, 0.3) is 0 Å². The standard InChI is InChI=1S/C16H20FN3O/c17-15-3-1-2-13(8-15)16(21)11-20-6-4-12(5-7-20)14-9-18-19-10-14/h1-3,8-10,12,16,21H,4-7,11H2,(H,18,19)/t16-/m0/s1. The number of aliphatic hydroxyl groups excluding tert-OH is 1. The molecule has 2 N–H and O–H groups in total. The summed E-state index contributed by atoms with van der Waals surface area (Å²) >= 11 is 0. The fourth-order valence-electron chi connectivity index (χ4n) is 3.00. The topological polar surface area (TPSA) is 52.1 Å². The first-order valence-corrected chi connectivity index (χ1v) is 7.37. The molecule has 1 aromatic heterocycles. The van der Waals surface area contributed by atoms with Crippen molar-refractivity contribution in [1.82, 2.24) is 15.1 Å². The highest BCUT2D eigenvalue weighted by Gasteiger charge is 2.23. The molecule has 1 fully saturated rings. The molecule has 0 spiro atoms. The maximum atomic E-state index is 13.2. The number of hydrogen-bond donors (Lipinski definition) is 2. The average molecular weight is 289 g/mol. The molecule has 3 rings (SSSR count). The predicted octanol–water partition coefficient (Wildman–Crippen LogP) is 2.46. The van der Waals surface area contributed by atoms with E-state index >= 15 is 0 Å². The highest BCUT2D eigenvalue weighted by molar-refractivity contribution is 5.19. The number of piperidine rings is 1. The van der Waals surface area contributed by atoms with Gasteiger partial charge in [-0.25, -0.2) is 4.39 Å². The molecule has 112 valence electrons. The van der Waals surface area contributed by atoms with Crippen LogP contribution < -0.4 is 0 Å². The fourth-order valence-corrected chi connectivity index (χ4v) is 3.00. The summed E-state index contributed by atoms with van der Waals surface area (Å²) in [5.74, 6) is 0.247.